The van der Waals surface area contributed by atoms with Gasteiger partial charge in [-0.15, -0.1) is 4.99 Å². The van der Waals surface area contributed by atoms with Gasteiger partial charge in [-0.1, -0.05) is 6.07 Å². The molecule has 0 unspecified atom stereocenters. The number of carbonyl (C=O) groups excluding carboxylic acids is 1. The van der Waals surface area contributed by atoms with Crippen molar-refractivity contribution in [3.05, 3.63) is 30.2 Å². The van der Waals surface area contributed by atoms with Crippen LogP contribution in [0.1, 0.15) is 24.6 Å². The van der Waals surface area contributed by atoms with Gasteiger partial charge < -0.3 is 0 Å². The summed E-state index contributed by atoms with van der Waals surface area (Å²) in [6.45, 7) is 0. The van der Waals surface area contributed by atoms with E-state index in [9.17, 15) is 4.79 Å². The molecule has 0 radical (unpaired) electrons. The Bertz CT molecular complexity index is 562. The summed E-state index contributed by atoms with van der Waals surface area (Å²) in [5, 5.41) is 0. The molecule has 2 aromatic heterocycles. The average molecular weight is 199 g/mol. The van der Waals surface area contributed by atoms with Crippen LogP contribution in [0.3, 0.4) is 0 Å². The van der Waals surface area contributed by atoms with E-state index in [2.05, 4.69) is 9.98 Å². The lowest BCUT2D eigenvalue weighted by molar-refractivity contribution is 0.565. The molecule has 1 aliphatic rings. The quantitative estimate of drug-likeness (QED) is 0.549. The van der Waals surface area contributed by atoms with Gasteiger partial charge in [-0.3, -0.25) is 4.40 Å². The lowest BCUT2D eigenvalue weighted by Gasteiger charge is -2.01. The van der Waals surface area contributed by atoms with Crippen LogP contribution in [0.25, 0.3) is 5.52 Å². The lowest BCUT2D eigenvalue weighted by atomic mass is 10.3. The summed E-state index contributed by atoms with van der Waals surface area (Å²) in [4.78, 5) is 18.4. The van der Waals surface area contributed by atoms with Gasteiger partial charge in [0, 0.05) is 5.92 Å². The summed E-state index contributed by atoms with van der Waals surface area (Å²) < 4.78 is 1.93. The van der Waals surface area contributed by atoms with Crippen molar-refractivity contribution in [2.75, 3.05) is 0 Å². The maximum atomic E-state index is 10.3. The van der Waals surface area contributed by atoms with Crippen LogP contribution in [0.15, 0.2) is 29.4 Å². The fraction of sp³-hybridized carbons (Fsp3) is 0.273. The highest BCUT2D eigenvalue weighted by atomic mass is 16.1. The van der Waals surface area contributed by atoms with Crippen LogP contribution in [0.4, 0.5) is 5.82 Å². The first-order chi connectivity index (χ1) is 7.40. The predicted molar refractivity (Wildman–Crippen MR) is 54.9 cm³/mol. The molecule has 0 saturated heterocycles. The highest BCUT2D eigenvalue weighted by Gasteiger charge is 2.28. The zero-order valence-electron chi connectivity index (χ0n) is 8.05. The average Bonchev–Trinajstić information content (AvgIpc) is 3.00. The second kappa shape index (κ2) is 3.04. The monoisotopic (exact) mass is 199 g/mol. The second-order valence-electron chi connectivity index (χ2n) is 3.74. The van der Waals surface area contributed by atoms with Gasteiger partial charge >= 0.3 is 0 Å². The standard InChI is InChI=1S/C11H9N3O/c15-7-13-10-3-1-2-9-6-12-11(14(9)10)8-4-5-8/h1-3,6,8H,4-5H2. The Balaban J connectivity index is 2.32. The highest BCUT2D eigenvalue weighted by molar-refractivity contribution is 5.56. The molecule has 1 aliphatic carbocycles. The van der Waals surface area contributed by atoms with E-state index >= 15 is 0 Å². The molecule has 1 saturated carbocycles. The predicted octanol–water partition coefficient (Wildman–Crippen LogP) is 2.18. The smallest absolute Gasteiger partial charge is 0.242 e. The van der Waals surface area contributed by atoms with Crippen LogP contribution in [-0.4, -0.2) is 15.5 Å². The van der Waals surface area contributed by atoms with E-state index in [1.165, 1.54) is 12.8 Å². The number of imidazole rings is 1. The van der Waals surface area contributed by atoms with Crippen molar-refractivity contribution in [3.8, 4) is 0 Å². The topological polar surface area (TPSA) is 46.7 Å². The molecule has 0 aromatic carbocycles. The van der Waals surface area contributed by atoms with Gasteiger partial charge in [0.05, 0.1) is 11.7 Å². The normalized spacial score (nSPS) is 15.2. The molecule has 0 amide bonds. The van der Waals surface area contributed by atoms with Gasteiger partial charge in [0.15, 0.2) is 5.82 Å². The van der Waals surface area contributed by atoms with E-state index in [4.69, 9.17) is 0 Å². The van der Waals surface area contributed by atoms with Crippen molar-refractivity contribution in [2.24, 2.45) is 4.99 Å². The van der Waals surface area contributed by atoms with Gasteiger partial charge in [-0.05, 0) is 25.0 Å². The van der Waals surface area contributed by atoms with Gasteiger partial charge in [-0.2, -0.15) is 0 Å². The van der Waals surface area contributed by atoms with Gasteiger partial charge in [0.1, 0.15) is 5.82 Å². The number of hydrogen-bond donors (Lipinski definition) is 0. The Morgan fingerprint density at radius 2 is 2.33 bits per heavy atom. The molecule has 4 nitrogen and oxygen atoms in total. The molecule has 0 spiro atoms. The first kappa shape index (κ1) is 8.38. The van der Waals surface area contributed by atoms with E-state index < -0.39 is 0 Å². The number of nitrogens with zero attached hydrogens (tertiary/aromatic N) is 3. The SMILES string of the molecule is O=C=Nc1cccc2cnc(C3CC3)n12. The van der Waals surface area contributed by atoms with Crippen LogP contribution >= 0.6 is 0 Å². The number of aliphatic imine (C=N–C) groups is 1. The van der Waals surface area contributed by atoms with Crippen molar-refractivity contribution in [2.45, 2.75) is 18.8 Å². The van der Waals surface area contributed by atoms with Gasteiger partial charge in [0.25, 0.3) is 0 Å². The Hall–Kier alpha value is -1.93. The zero-order valence-corrected chi connectivity index (χ0v) is 8.05. The van der Waals surface area contributed by atoms with Gasteiger partial charge in [-0.25, -0.2) is 9.78 Å². The fourth-order valence-corrected chi connectivity index (χ4v) is 1.82. The van der Waals surface area contributed by atoms with Crippen LogP contribution in [-0.2, 0) is 4.79 Å². The summed E-state index contributed by atoms with van der Waals surface area (Å²) in [6.07, 6.45) is 5.75. The van der Waals surface area contributed by atoms with Crippen LogP contribution in [0, 0.1) is 0 Å². The first-order valence-corrected chi connectivity index (χ1v) is 4.94. The van der Waals surface area contributed by atoms with E-state index in [0.29, 0.717) is 11.7 Å². The molecule has 2 aromatic rings. The van der Waals surface area contributed by atoms with Crippen molar-refractivity contribution in [1.82, 2.24) is 9.38 Å². The van der Waals surface area contributed by atoms with Crippen LogP contribution in [0.5, 0.6) is 0 Å². The minimum absolute atomic E-state index is 0.538. The minimum atomic E-state index is 0.538. The maximum Gasteiger partial charge on any atom is 0.242 e. The zero-order chi connectivity index (χ0) is 10.3. The largest absolute Gasteiger partial charge is 0.280 e. The van der Waals surface area contributed by atoms with Crippen molar-refractivity contribution >= 4 is 17.4 Å². The molecule has 0 atom stereocenters. The summed E-state index contributed by atoms with van der Waals surface area (Å²) in [7, 11) is 0. The van der Waals surface area contributed by atoms with Crippen LogP contribution < -0.4 is 0 Å². The summed E-state index contributed by atoms with van der Waals surface area (Å²) in [5.74, 6) is 2.16. The van der Waals surface area contributed by atoms with Crippen LogP contribution in [0.2, 0.25) is 0 Å². The Kier molecular flexibility index (Phi) is 1.70. The third-order valence-electron chi connectivity index (χ3n) is 2.66. The lowest BCUT2D eigenvalue weighted by Crippen LogP contribution is -1.92. The fourth-order valence-electron chi connectivity index (χ4n) is 1.82. The van der Waals surface area contributed by atoms with E-state index in [0.717, 1.165) is 11.3 Å². The summed E-state index contributed by atoms with van der Waals surface area (Å²) in [6, 6.07) is 5.62. The van der Waals surface area contributed by atoms with Crippen molar-refractivity contribution in [1.29, 1.82) is 0 Å². The van der Waals surface area contributed by atoms with E-state index in [-0.39, 0.29) is 0 Å². The first-order valence-electron chi connectivity index (χ1n) is 4.94. The number of hydrogen-bond acceptors (Lipinski definition) is 3. The van der Waals surface area contributed by atoms with Gasteiger partial charge in [0.2, 0.25) is 6.08 Å². The number of fused-ring (bicyclic) bond motifs is 1. The number of aromatic nitrogens is 2. The van der Waals surface area contributed by atoms with Crippen molar-refractivity contribution in [3.63, 3.8) is 0 Å². The van der Waals surface area contributed by atoms with Crippen molar-refractivity contribution < 1.29 is 4.79 Å². The molecule has 0 N–H and O–H groups in total. The molecular weight excluding hydrogens is 190 g/mol. The Labute approximate surface area is 86.3 Å². The second-order valence-corrected chi connectivity index (χ2v) is 3.74. The summed E-state index contributed by atoms with van der Waals surface area (Å²) >= 11 is 0. The minimum Gasteiger partial charge on any atom is -0.280 e. The third-order valence-corrected chi connectivity index (χ3v) is 2.66. The molecule has 74 valence electrons. The van der Waals surface area contributed by atoms with E-state index in [1.807, 2.05) is 22.7 Å². The molecule has 0 aliphatic heterocycles. The number of isocyanates is 1. The molecule has 0 bridgehead atoms. The number of rotatable bonds is 2. The number of pyridine rings is 1. The molecule has 4 heteroatoms. The molecule has 15 heavy (non-hydrogen) atoms. The Morgan fingerprint density at radius 3 is 3.07 bits per heavy atom. The maximum absolute atomic E-state index is 10.3. The third kappa shape index (κ3) is 1.27. The molecular formula is C11H9N3O. The molecule has 3 rings (SSSR count). The molecule has 2 heterocycles. The molecule has 1 fully saturated rings. The highest BCUT2D eigenvalue weighted by Crippen LogP contribution is 2.40. The van der Waals surface area contributed by atoms with E-state index in [1.54, 1.807) is 12.1 Å². The summed E-state index contributed by atoms with van der Waals surface area (Å²) in [5.41, 5.74) is 0.980. The Morgan fingerprint density at radius 1 is 1.47 bits per heavy atom.